The van der Waals surface area contributed by atoms with Gasteiger partial charge in [0.25, 0.3) is 0 Å². The van der Waals surface area contributed by atoms with Crippen LogP contribution in [0.15, 0.2) is 11.2 Å². The number of esters is 1. The predicted octanol–water partition coefficient (Wildman–Crippen LogP) is 3.56. The molecular formula is C17H24N4O3S2. The number of nitrogens with one attached hydrogen (secondary N) is 1. The number of thiophene rings is 1. The number of anilines is 1. The van der Waals surface area contributed by atoms with Crippen molar-refractivity contribution < 1.29 is 14.3 Å². The summed E-state index contributed by atoms with van der Waals surface area (Å²) in [4.78, 5) is 25.2. The van der Waals surface area contributed by atoms with Crippen molar-refractivity contribution in [3.63, 3.8) is 0 Å². The Morgan fingerprint density at radius 3 is 2.65 bits per heavy atom. The third kappa shape index (κ3) is 4.64. The molecule has 0 aromatic carbocycles. The van der Waals surface area contributed by atoms with Gasteiger partial charge in [-0.1, -0.05) is 32.5 Å². The number of hydrogen-bond donors (Lipinski definition) is 1. The van der Waals surface area contributed by atoms with Crippen LogP contribution in [0.1, 0.15) is 54.7 Å². The highest BCUT2D eigenvalue weighted by Crippen LogP contribution is 2.30. The van der Waals surface area contributed by atoms with Gasteiger partial charge in [0.15, 0.2) is 5.16 Å². The second-order valence-electron chi connectivity index (χ2n) is 5.88. The summed E-state index contributed by atoms with van der Waals surface area (Å²) in [6, 6.07) is 1.77. The zero-order chi connectivity index (χ0) is 19.3. The normalized spacial score (nSPS) is 11.0. The number of ether oxygens (including phenoxy) is 1. The Hall–Kier alpha value is -1.87. The highest BCUT2D eigenvalue weighted by atomic mass is 32.2. The summed E-state index contributed by atoms with van der Waals surface area (Å²) in [6.45, 7) is 8.90. The van der Waals surface area contributed by atoms with Gasteiger partial charge in [0.1, 0.15) is 10.8 Å². The first-order chi connectivity index (χ1) is 12.4. The maximum Gasteiger partial charge on any atom is 0.340 e. The van der Waals surface area contributed by atoms with Gasteiger partial charge in [0.05, 0.1) is 18.4 Å². The Labute approximate surface area is 161 Å². The Morgan fingerprint density at radius 1 is 1.35 bits per heavy atom. The molecule has 26 heavy (non-hydrogen) atoms. The average Bonchev–Trinajstić information content (AvgIpc) is 3.22. The molecule has 0 fully saturated rings. The van der Waals surface area contributed by atoms with Gasteiger partial charge in [-0.15, -0.1) is 21.5 Å². The fourth-order valence-electron chi connectivity index (χ4n) is 2.39. The van der Waals surface area contributed by atoms with Crippen molar-refractivity contribution in [1.82, 2.24) is 14.8 Å². The minimum absolute atomic E-state index is 0.191. The van der Waals surface area contributed by atoms with E-state index >= 15 is 0 Å². The number of carbonyl (C=O) groups excluding carboxylic acids is 2. The largest absolute Gasteiger partial charge is 0.465 e. The molecule has 1 N–H and O–H groups in total. The lowest BCUT2D eigenvalue weighted by Gasteiger charge is -2.09. The standard InChI is InChI=1S/C17H24N4O3S2/c1-6-11-8-12(16(23)24-5)15(26-11)18-13(22)9-25-17-20-19-14(10(3)4)21(17)7-2/h8,10H,6-7,9H2,1-5H3,(H,18,22). The van der Waals surface area contributed by atoms with Crippen molar-refractivity contribution in [2.45, 2.75) is 51.7 Å². The highest BCUT2D eigenvalue weighted by molar-refractivity contribution is 7.99. The van der Waals surface area contributed by atoms with E-state index in [0.29, 0.717) is 10.6 Å². The minimum Gasteiger partial charge on any atom is -0.465 e. The molecule has 2 aromatic heterocycles. The van der Waals surface area contributed by atoms with E-state index < -0.39 is 5.97 Å². The number of rotatable bonds is 8. The van der Waals surface area contributed by atoms with E-state index in [1.807, 2.05) is 18.4 Å². The molecule has 1 amide bonds. The third-order valence-electron chi connectivity index (χ3n) is 3.70. The van der Waals surface area contributed by atoms with Crippen LogP contribution in [-0.2, 0) is 22.5 Å². The van der Waals surface area contributed by atoms with Gasteiger partial charge in [0.2, 0.25) is 5.91 Å². The predicted molar refractivity (Wildman–Crippen MR) is 104 cm³/mol. The lowest BCUT2D eigenvalue weighted by atomic mass is 10.2. The molecule has 0 saturated heterocycles. The fourth-order valence-corrected chi connectivity index (χ4v) is 4.20. The maximum atomic E-state index is 12.4. The second kappa shape index (κ2) is 9.18. The van der Waals surface area contributed by atoms with Crippen LogP contribution >= 0.6 is 23.1 Å². The van der Waals surface area contributed by atoms with Crippen LogP contribution in [-0.4, -0.2) is 39.5 Å². The van der Waals surface area contributed by atoms with E-state index in [1.165, 1.54) is 30.2 Å². The molecule has 0 aliphatic carbocycles. The molecule has 2 rings (SSSR count). The maximum absolute atomic E-state index is 12.4. The SMILES string of the molecule is CCc1cc(C(=O)OC)c(NC(=O)CSc2nnc(C(C)C)n2CC)s1. The van der Waals surface area contributed by atoms with E-state index in [0.717, 1.165) is 28.8 Å². The first-order valence-corrected chi connectivity index (χ1v) is 10.3. The van der Waals surface area contributed by atoms with Crippen molar-refractivity contribution in [3.8, 4) is 0 Å². The summed E-state index contributed by atoms with van der Waals surface area (Å²) in [6.07, 6.45) is 0.789. The molecule has 0 radical (unpaired) electrons. The first-order valence-electron chi connectivity index (χ1n) is 8.47. The Morgan fingerprint density at radius 2 is 2.08 bits per heavy atom. The lowest BCUT2D eigenvalue weighted by Crippen LogP contribution is -2.16. The van der Waals surface area contributed by atoms with Gasteiger partial charge >= 0.3 is 5.97 Å². The average molecular weight is 397 g/mol. The summed E-state index contributed by atoms with van der Waals surface area (Å²) >= 11 is 2.73. The van der Waals surface area contributed by atoms with E-state index in [9.17, 15) is 9.59 Å². The van der Waals surface area contributed by atoms with Crippen LogP contribution in [0.2, 0.25) is 0 Å². The molecule has 0 bridgehead atoms. The van der Waals surface area contributed by atoms with Crippen molar-refractivity contribution in [2.24, 2.45) is 0 Å². The third-order valence-corrected chi connectivity index (χ3v) is 5.86. The number of thioether (sulfide) groups is 1. The van der Waals surface area contributed by atoms with E-state index in [-0.39, 0.29) is 17.6 Å². The summed E-state index contributed by atoms with van der Waals surface area (Å²) in [7, 11) is 1.33. The monoisotopic (exact) mass is 396 g/mol. The quantitative estimate of drug-likeness (QED) is 0.542. The molecule has 0 saturated carbocycles. The summed E-state index contributed by atoms with van der Waals surface area (Å²) in [5.41, 5.74) is 0.395. The highest BCUT2D eigenvalue weighted by Gasteiger charge is 2.19. The van der Waals surface area contributed by atoms with Gasteiger partial charge in [-0.3, -0.25) is 4.79 Å². The molecule has 9 heteroatoms. The number of aromatic nitrogens is 3. The molecular weight excluding hydrogens is 372 g/mol. The Bertz CT molecular complexity index is 783. The van der Waals surface area contributed by atoms with Crippen LogP contribution < -0.4 is 5.32 Å². The van der Waals surface area contributed by atoms with Crippen LogP contribution in [0, 0.1) is 0 Å². The van der Waals surface area contributed by atoms with E-state index in [4.69, 9.17) is 4.74 Å². The summed E-state index contributed by atoms with van der Waals surface area (Å²) in [5, 5.41) is 12.5. The molecule has 7 nitrogen and oxygen atoms in total. The summed E-state index contributed by atoms with van der Waals surface area (Å²) in [5.74, 6) is 0.731. The van der Waals surface area contributed by atoms with Crippen LogP contribution in [0.5, 0.6) is 0 Å². The number of nitrogens with zero attached hydrogens (tertiary/aromatic N) is 3. The Kier molecular flexibility index (Phi) is 7.22. The zero-order valence-electron chi connectivity index (χ0n) is 15.7. The van der Waals surface area contributed by atoms with Crippen LogP contribution in [0.25, 0.3) is 0 Å². The molecule has 2 heterocycles. The number of carbonyl (C=O) groups is 2. The van der Waals surface area contributed by atoms with Crippen LogP contribution in [0.3, 0.4) is 0 Å². The zero-order valence-corrected chi connectivity index (χ0v) is 17.3. The van der Waals surface area contributed by atoms with Crippen molar-refractivity contribution in [3.05, 3.63) is 22.3 Å². The van der Waals surface area contributed by atoms with Crippen molar-refractivity contribution in [2.75, 3.05) is 18.2 Å². The first kappa shape index (κ1) is 20.4. The smallest absolute Gasteiger partial charge is 0.340 e. The molecule has 0 spiro atoms. The molecule has 0 atom stereocenters. The van der Waals surface area contributed by atoms with Gasteiger partial charge in [0, 0.05) is 17.3 Å². The number of amides is 1. The Balaban J connectivity index is 2.06. The molecule has 142 valence electrons. The number of hydrogen-bond acceptors (Lipinski definition) is 7. The molecule has 0 unspecified atom stereocenters. The van der Waals surface area contributed by atoms with Crippen molar-refractivity contribution in [1.29, 1.82) is 0 Å². The topological polar surface area (TPSA) is 86.1 Å². The molecule has 0 aliphatic rings. The van der Waals surface area contributed by atoms with Gasteiger partial charge in [-0.25, -0.2) is 4.79 Å². The number of aryl methyl sites for hydroxylation is 1. The van der Waals surface area contributed by atoms with Gasteiger partial charge in [-0.05, 0) is 19.4 Å². The van der Waals surface area contributed by atoms with Gasteiger partial charge < -0.3 is 14.6 Å². The van der Waals surface area contributed by atoms with Crippen molar-refractivity contribution >= 4 is 40.0 Å². The minimum atomic E-state index is -0.448. The number of methoxy groups -OCH3 is 1. The molecule has 0 aliphatic heterocycles. The van der Waals surface area contributed by atoms with E-state index in [1.54, 1.807) is 6.07 Å². The van der Waals surface area contributed by atoms with E-state index in [2.05, 4.69) is 29.4 Å². The summed E-state index contributed by atoms with van der Waals surface area (Å²) < 4.78 is 6.81. The van der Waals surface area contributed by atoms with Crippen LogP contribution in [0.4, 0.5) is 5.00 Å². The fraction of sp³-hybridized carbons (Fsp3) is 0.529. The lowest BCUT2D eigenvalue weighted by molar-refractivity contribution is -0.113. The second-order valence-corrected chi connectivity index (χ2v) is 7.96. The molecule has 2 aromatic rings. The van der Waals surface area contributed by atoms with Gasteiger partial charge in [-0.2, -0.15) is 0 Å².